The van der Waals surface area contributed by atoms with Gasteiger partial charge in [-0.3, -0.25) is 9.35 Å². The zero-order valence-electron chi connectivity index (χ0n) is 26.7. The first kappa shape index (κ1) is 33.4. The van der Waals surface area contributed by atoms with Gasteiger partial charge < -0.3 is 10.0 Å². The summed E-state index contributed by atoms with van der Waals surface area (Å²) in [7, 11) is -4.01. The predicted molar refractivity (Wildman–Crippen MR) is 179 cm³/mol. The number of nitrogens with zero attached hydrogens (tertiary/aromatic N) is 2. The highest BCUT2D eigenvalue weighted by Gasteiger charge is 2.44. The molecule has 0 saturated carbocycles. The van der Waals surface area contributed by atoms with E-state index in [0.717, 1.165) is 36.3 Å². The Bertz CT molecular complexity index is 1620. The lowest BCUT2D eigenvalue weighted by atomic mass is 9.76. The number of allylic oxidation sites excluding steroid dienone is 6. The molecule has 0 radical (unpaired) electrons. The van der Waals surface area contributed by atoms with Gasteiger partial charge in [0.1, 0.15) is 6.54 Å². The summed E-state index contributed by atoms with van der Waals surface area (Å²) in [6, 6.07) is 15.0. The van der Waals surface area contributed by atoms with Gasteiger partial charge >= 0.3 is 5.97 Å². The summed E-state index contributed by atoms with van der Waals surface area (Å²) in [5.74, 6) is -1.04. The van der Waals surface area contributed by atoms with Crippen LogP contribution in [0.3, 0.4) is 0 Å². The van der Waals surface area contributed by atoms with Crippen molar-refractivity contribution in [3.05, 3.63) is 95.2 Å². The number of hydrogen-bond acceptors (Lipinski definition) is 4. The van der Waals surface area contributed by atoms with Gasteiger partial charge in [0, 0.05) is 47.5 Å². The van der Waals surface area contributed by atoms with Gasteiger partial charge in [-0.15, -0.1) is 0 Å². The molecule has 8 heteroatoms. The third-order valence-electron chi connectivity index (χ3n) is 9.09. The van der Waals surface area contributed by atoms with Crippen LogP contribution in [0.5, 0.6) is 0 Å². The lowest BCUT2D eigenvalue weighted by Crippen LogP contribution is -2.29. The number of unbranched alkanes of at least 4 members (excludes halogenated alkanes) is 2. The summed E-state index contributed by atoms with van der Waals surface area (Å²) in [6.07, 6.45) is 13.9. The normalized spacial score (nSPS) is 20.3. The fourth-order valence-electron chi connectivity index (χ4n) is 6.82. The number of carbonyl (C=O) groups is 1. The van der Waals surface area contributed by atoms with E-state index in [-0.39, 0.29) is 23.0 Å². The maximum Gasteiger partial charge on any atom is 0.303 e. The summed E-state index contributed by atoms with van der Waals surface area (Å²) in [5, 5.41) is 9.20. The van der Waals surface area contributed by atoms with Gasteiger partial charge in [-0.2, -0.15) is 13.0 Å². The van der Waals surface area contributed by atoms with Crippen LogP contribution in [-0.2, 0) is 25.7 Å². The smallest absolute Gasteiger partial charge is 0.303 e. The van der Waals surface area contributed by atoms with Crippen molar-refractivity contribution in [1.29, 1.82) is 0 Å². The number of fused-ring (bicyclic) bond motifs is 2. The molecule has 44 heavy (non-hydrogen) atoms. The number of aryl methyl sites for hydroxylation is 1. The van der Waals surface area contributed by atoms with Gasteiger partial charge in [0.2, 0.25) is 5.69 Å². The number of benzene rings is 2. The summed E-state index contributed by atoms with van der Waals surface area (Å²) in [5.41, 5.74) is 7.98. The maximum absolute atomic E-state index is 11.3. The van der Waals surface area contributed by atoms with Gasteiger partial charge in [-0.25, -0.2) is 0 Å². The molecule has 0 fully saturated rings. The highest BCUT2D eigenvalue weighted by atomic mass is 32.2. The lowest BCUT2D eigenvalue weighted by molar-refractivity contribution is -0.433. The Morgan fingerprint density at radius 2 is 1.73 bits per heavy atom. The Hall–Kier alpha value is -3.49. The molecule has 236 valence electrons. The van der Waals surface area contributed by atoms with Gasteiger partial charge in [-0.1, -0.05) is 60.5 Å². The van der Waals surface area contributed by atoms with Crippen molar-refractivity contribution in [2.75, 3.05) is 23.7 Å². The van der Waals surface area contributed by atoms with Crippen LogP contribution in [0.15, 0.2) is 78.5 Å². The molecule has 2 aromatic rings. The van der Waals surface area contributed by atoms with E-state index in [1.54, 1.807) is 0 Å². The first-order valence-electron chi connectivity index (χ1n) is 15.6. The molecule has 0 spiro atoms. The number of hydrogen-bond donors (Lipinski definition) is 2. The van der Waals surface area contributed by atoms with E-state index in [2.05, 4.69) is 117 Å². The lowest BCUT2D eigenvalue weighted by Gasteiger charge is -2.30. The molecule has 1 atom stereocenters. The van der Waals surface area contributed by atoms with Crippen LogP contribution in [0.1, 0.15) is 82.9 Å². The van der Waals surface area contributed by atoms with Crippen LogP contribution in [0, 0.1) is 6.92 Å². The average molecular weight is 620 g/mol. The van der Waals surface area contributed by atoms with E-state index < -0.39 is 16.1 Å². The Kier molecular flexibility index (Phi) is 10.4. The minimum Gasteiger partial charge on any atom is -0.481 e. The van der Waals surface area contributed by atoms with E-state index in [0.29, 0.717) is 25.8 Å². The summed E-state index contributed by atoms with van der Waals surface area (Å²) in [6.45, 7) is 12.5. The van der Waals surface area contributed by atoms with Crippen LogP contribution in [0.4, 0.5) is 11.4 Å². The number of carboxylic acid groups (broad SMARTS) is 1. The van der Waals surface area contributed by atoms with Crippen molar-refractivity contribution in [3.8, 4) is 0 Å². The molecular weight excluding hydrogens is 572 g/mol. The highest BCUT2D eigenvalue weighted by molar-refractivity contribution is 7.85. The fourth-order valence-corrected chi connectivity index (χ4v) is 7.39. The number of aliphatic carboxylic acids is 1. The first-order valence-corrected chi connectivity index (χ1v) is 17.3. The monoisotopic (exact) mass is 619 g/mol. The molecule has 0 bridgehead atoms. The van der Waals surface area contributed by atoms with E-state index >= 15 is 0 Å². The molecule has 0 amide bonds. The van der Waals surface area contributed by atoms with Gasteiger partial charge in [0.05, 0.1) is 11.2 Å². The van der Waals surface area contributed by atoms with Crippen molar-refractivity contribution in [3.63, 3.8) is 0 Å². The zero-order valence-corrected chi connectivity index (χ0v) is 27.5. The fraction of sp³-hybridized carbons (Fsp3) is 0.444. The third kappa shape index (κ3) is 7.24. The second kappa shape index (κ2) is 13.7. The number of carboxylic acids is 1. The Morgan fingerprint density at radius 3 is 2.43 bits per heavy atom. The molecule has 0 aliphatic carbocycles. The molecule has 2 heterocycles. The molecule has 1 unspecified atom stereocenters. The SMILES string of the molecule is CC[N+]1=C(/C=C/C=C/C=C2/N(CCCCS(=O)(=O)O)c3ccc(C)cc3C2(C)CCCCC(=O)O)C(C)(C)c2ccccc21. The predicted octanol–water partition coefficient (Wildman–Crippen LogP) is 7.48. The molecule has 2 aromatic carbocycles. The molecule has 0 saturated heterocycles. The second-order valence-electron chi connectivity index (χ2n) is 12.7. The van der Waals surface area contributed by atoms with E-state index in [1.165, 1.54) is 22.5 Å². The van der Waals surface area contributed by atoms with Crippen LogP contribution in [-0.4, -0.2) is 53.2 Å². The summed E-state index contributed by atoms with van der Waals surface area (Å²) >= 11 is 0. The highest BCUT2D eigenvalue weighted by Crippen LogP contribution is 2.51. The Morgan fingerprint density at radius 1 is 0.977 bits per heavy atom. The zero-order chi connectivity index (χ0) is 32.1. The van der Waals surface area contributed by atoms with Crippen molar-refractivity contribution < 1.29 is 27.4 Å². The largest absolute Gasteiger partial charge is 0.481 e. The molecule has 7 nitrogen and oxygen atoms in total. The summed E-state index contributed by atoms with van der Waals surface area (Å²) < 4.78 is 34.3. The second-order valence-corrected chi connectivity index (χ2v) is 14.2. The van der Waals surface area contributed by atoms with Gasteiger partial charge in [0.15, 0.2) is 5.71 Å². The van der Waals surface area contributed by atoms with Crippen LogP contribution < -0.4 is 4.90 Å². The Labute approximate surface area is 263 Å². The van der Waals surface area contributed by atoms with Crippen molar-refractivity contribution in [2.24, 2.45) is 0 Å². The third-order valence-corrected chi connectivity index (χ3v) is 9.90. The van der Waals surface area contributed by atoms with Crippen LogP contribution >= 0.6 is 0 Å². The molecule has 2 N–H and O–H groups in total. The van der Waals surface area contributed by atoms with Crippen LogP contribution in [0.2, 0.25) is 0 Å². The maximum atomic E-state index is 11.3. The average Bonchev–Trinajstić information content (AvgIpc) is 3.32. The van der Waals surface area contributed by atoms with E-state index in [1.807, 2.05) is 0 Å². The quantitative estimate of drug-likeness (QED) is 0.0985. The molecule has 4 rings (SSSR count). The number of para-hydroxylation sites is 1. The standard InChI is InChI=1S/C36H46N2O5S/c1-6-37-30-17-11-10-16-28(30)35(3,4)32(37)18-8-7-9-19-33-36(5,23-13-12-20-34(39)40)29-26-27(2)21-22-31(29)38(33)24-14-15-25-44(41,42)43/h7-11,16-19,21-22,26H,6,12-15,20,23-25H2,1-5H3,(H-,39,40,41,42,43)/p+1. The van der Waals surface area contributed by atoms with Gasteiger partial charge in [-0.05, 0) is 78.0 Å². The number of rotatable bonds is 14. The van der Waals surface area contributed by atoms with Crippen molar-refractivity contribution >= 4 is 33.2 Å². The topological polar surface area (TPSA) is 97.9 Å². The number of anilines is 1. The van der Waals surface area contributed by atoms with E-state index in [9.17, 15) is 22.9 Å². The Balaban J connectivity index is 1.65. The minimum atomic E-state index is -4.01. The molecule has 2 aliphatic heterocycles. The van der Waals surface area contributed by atoms with Crippen molar-refractivity contribution in [1.82, 2.24) is 0 Å². The van der Waals surface area contributed by atoms with Gasteiger partial charge in [0.25, 0.3) is 10.1 Å². The van der Waals surface area contributed by atoms with E-state index in [4.69, 9.17) is 0 Å². The van der Waals surface area contributed by atoms with Crippen LogP contribution in [0.25, 0.3) is 0 Å². The molecule has 0 aromatic heterocycles. The minimum absolute atomic E-state index is 0.103. The molecular formula is C36H47N2O5S+. The van der Waals surface area contributed by atoms with Crippen molar-refractivity contribution in [2.45, 2.75) is 84.0 Å². The summed E-state index contributed by atoms with van der Waals surface area (Å²) in [4.78, 5) is 13.5. The first-order chi connectivity index (χ1) is 20.8. The molecule has 2 aliphatic rings.